The van der Waals surface area contributed by atoms with Crippen molar-refractivity contribution in [1.82, 2.24) is 5.32 Å². The first-order valence-corrected chi connectivity index (χ1v) is 5.74. The van der Waals surface area contributed by atoms with Gasteiger partial charge < -0.3 is 14.8 Å². The van der Waals surface area contributed by atoms with E-state index in [1.54, 1.807) is 7.11 Å². The van der Waals surface area contributed by atoms with E-state index in [-0.39, 0.29) is 0 Å². The molecule has 1 fully saturated rings. The molecule has 0 bridgehead atoms. The van der Waals surface area contributed by atoms with Gasteiger partial charge in [0.05, 0.1) is 13.7 Å². The Morgan fingerprint density at radius 3 is 3.06 bits per heavy atom. The van der Waals surface area contributed by atoms with Crippen molar-refractivity contribution < 1.29 is 9.47 Å². The molecule has 0 radical (unpaired) electrons. The minimum Gasteiger partial charge on any atom is -0.496 e. The average Bonchev–Trinajstić information content (AvgIpc) is 2.79. The Bertz CT molecular complexity index is 346. The van der Waals surface area contributed by atoms with E-state index in [0.717, 1.165) is 31.9 Å². The van der Waals surface area contributed by atoms with Crippen molar-refractivity contribution in [3.8, 4) is 5.75 Å². The summed E-state index contributed by atoms with van der Waals surface area (Å²) >= 11 is 0. The highest BCUT2D eigenvalue weighted by Crippen LogP contribution is 2.19. The monoisotopic (exact) mass is 221 g/mol. The lowest BCUT2D eigenvalue weighted by molar-refractivity contribution is 0.189. The molecule has 1 atom stereocenters. The zero-order chi connectivity index (χ0) is 11.4. The van der Waals surface area contributed by atoms with Crippen molar-refractivity contribution in [3.05, 3.63) is 29.3 Å². The van der Waals surface area contributed by atoms with Crippen molar-refractivity contribution in [2.75, 3.05) is 20.3 Å². The molecular formula is C13H19NO2. The smallest absolute Gasteiger partial charge is 0.123 e. The summed E-state index contributed by atoms with van der Waals surface area (Å²) < 4.78 is 10.7. The third-order valence-corrected chi connectivity index (χ3v) is 2.95. The Morgan fingerprint density at radius 2 is 2.38 bits per heavy atom. The summed E-state index contributed by atoms with van der Waals surface area (Å²) in [6.45, 7) is 4.65. The molecule has 1 aliphatic heterocycles. The normalized spacial score (nSPS) is 20.0. The predicted octanol–water partition coefficient (Wildman–Crippen LogP) is 1.88. The lowest BCUT2D eigenvalue weighted by atomic mass is 10.1. The van der Waals surface area contributed by atoms with E-state index in [1.807, 2.05) is 6.07 Å². The van der Waals surface area contributed by atoms with Crippen LogP contribution in [0.1, 0.15) is 17.5 Å². The van der Waals surface area contributed by atoms with Gasteiger partial charge in [-0.3, -0.25) is 0 Å². The number of hydrogen-bond donors (Lipinski definition) is 1. The molecule has 0 saturated carbocycles. The van der Waals surface area contributed by atoms with Gasteiger partial charge in [0, 0.05) is 24.8 Å². The van der Waals surface area contributed by atoms with Gasteiger partial charge in [0.15, 0.2) is 0 Å². The number of aryl methyl sites for hydroxylation is 1. The molecule has 16 heavy (non-hydrogen) atoms. The first kappa shape index (κ1) is 11.4. The van der Waals surface area contributed by atoms with Gasteiger partial charge >= 0.3 is 0 Å². The standard InChI is InChI=1S/C13H19NO2/c1-10-3-4-13(15-2)11(7-10)8-14-12-5-6-16-9-12/h3-4,7,12,14H,5-6,8-9H2,1-2H3. The van der Waals surface area contributed by atoms with E-state index in [1.165, 1.54) is 11.1 Å². The Kier molecular flexibility index (Phi) is 3.80. The SMILES string of the molecule is COc1ccc(C)cc1CNC1CCOC1. The van der Waals surface area contributed by atoms with Gasteiger partial charge in [0.2, 0.25) is 0 Å². The number of benzene rings is 1. The van der Waals surface area contributed by atoms with Gasteiger partial charge in [-0.2, -0.15) is 0 Å². The maximum absolute atomic E-state index is 5.34. The summed E-state index contributed by atoms with van der Waals surface area (Å²) in [6.07, 6.45) is 1.11. The molecule has 0 aromatic heterocycles. The quantitative estimate of drug-likeness (QED) is 0.842. The molecular weight excluding hydrogens is 202 g/mol. The lowest BCUT2D eigenvalue weighted by Gasteiger charge is -2.13. The zero-order valence-electron chi connectivity index (χ0n) is 9.95. The van der Waals surface area contributed by atoms with Crippen LogP contribution < -0.4 is 10.1 Å². The van der Waals surface area contributed by atoms with Gasteiger partial charge in [0.1, 0.15) is 5.75 Å². The summed E-state index contributed by atoms with van der Waals surface area (Å²) in [5.41, 5.74) is 2.48. The lowest BCUT2D eigenvalue weighted by Crippen LogP contribution is -2.28. The second-order valence-corrected chi connectivity index (χ2v) is 4.26. The van der Waals surface area contributed by atoms with Gasteiger partial charge in [-0.05, 0) is 19.4 Å². The Labute approximate surface area is 96.8 Å². The molecule has 1 aromatic carbocycles. The highest BCUT2D eigenvalue weighted by Gasteiger charge is 2.15. The van der Waals surface area contributed by atoms with E-state index >= 15 is 0 Å². The van der Waals surface area contributed by atoms with E-state index in [9.17, 15) is 0 Å². The van der Waals surface area contributed by atoms with Crippen LogP contribution in [-0.2, 0) is 11.3 Å². The maximum Gasteiger partial charge on any atom is 0.123 e. The molecule has 2 rings (SSSR count). The molecule has 1 aromatic rings. The number of rotatable bonds is 4. The molecule has 1 aliphatic rings. The molecule has 1 N–H and O–H groups in total. The van der Waals surface area contributed by atoms with Gasteiger partial charge in [0.25, 0.3) is 0 Å². The summed E-state index contributed by atoms with van der Waals surface area (Å²) in [4.78, 5) is 0. The molecule has 1 saturated heterocycles. The summed E-state index contributed by atoms with van der Waals surface area (Å²) in [6, 6.07) is 6.75. The average molecular weight is 221 g/mol. The second kappa shape index (κ2) is 5.32. The molecule has 88 valence electrons. The number of nitrogens with one attached hydrogen (secondary N) is 1. The largest absolute Gasteiger partial charge is 0.496 e. The second-order valence-electron chi connectivity index (χ2n) is 4.26. The predicted molar refractivity (Wildman–Crippen MR) is 63.8 cm³/mol. The third-order valence-electron chi connectivity index (χ3n) is 2.95. The first-order chi connectivity index (χ1) is 7.79. The first-order valence-electron chi connectivity index (χ1n) is 5.74. The van der Waals surface area contributed by atoms with Crippen LogP contribution >= 0.6 is 0 Å². The number of methoxy groups -OCH3 is 1. The maximum atomic E-state index is 5.34. The van der Waals surface area contributed by atoms with E-state index in [0.29, 0.717) is 6.04 Å². The molecule has 1 unspecified atom stereocenters. The molecule has 3 nitrogen and oxygen atoms in total. The fourth-order valence-electron chi connectivity index (χ4n) is 2.00. The highest BCUT2D eigenvalue weighted by molar-refractivity contribution is 5.36. The van der Waals surface area contributed by atoms with Gasteiger partial charge in [-0.25, -0.2) is 0 Å². The van der Waals surface area contributed by atoms with Crippen LogP contribution in [0.5, 0.6) is 5.75 Å². The molecule has 3 heteroatoms. The molecule has 0 amide bonds. The van der Waals surface area contributed by atoms with Gasteiger partial charge in [-0.15, -0.1) is 0 Å². The summed E-state index contributed by atoms with van der Waals surface area (Å²) in [5, 5.41) is 3.49. The van der Waals surface area contributed by atoms with Crippen LogP contribution in [0.3, 0.4) is 0 Å². The van der Waals surface area contributed by atoms with Crippen LogP contribution in [0.25, 0.3) is 0 Å². The summed E-state index contributed by atoms with van der Waals surface area (Å²) in [7, 11) is 1.72. The van der Waals surface area contributed by atoms with Crippen LogP contribution in [0.15, 0.2) is 18.2 Å². The van der Waals surface area contributed by atoms with Crippen molar-refractivity contribution in [2.45, 2.75) is 25.9 Å². The minimum absolute atomic E-state index is 0.491. The van der Waals surface area contributed by atoms with Crippen molar-refractivity contribution in [1.29, 1.82) is 0 Å². The minimum atomic E-state index is 0.491. The van der Waals surface area contributed by atoms with E-state index in [2.05, 4.69) is 24.4 Å². The van der Waals surface area contributed by atoms with Crippen molar-refractivity contribution >= 4 is 0 Å². The van der Waals surface area contributed by atoms with Crippen LogP contribution in [-0.4, -0.2) is 26.4 Å². The Hall–Kier alpha value is -1.06. The fourth-order valence-corrected chi connectivity index (χ4v) is 2.00. The third kappa shape index (κ3) is 2.74. The van der Waals surface area contributed by atoms with Crippen LogP contribution in [0.4, 0.5) is 0 Å². The highest BCUT2D eigenvalue weighted by atomic mass is 16.5. The van der Waals surface area contributed by atoms with Crippen LogP contribution in [0, 0.1) is 6.92 Å². The van der Waals surface area contributed by atoms with Crippen LogP contribution in [0.2, 0.25) is 0 Å². The number of ether oxygens (including phenoxy) is 2. The zero-order valence-corrected chi connectivity index (χ0v) is 9.95. The van der Waals surface area contributed by atoms with E-state index in [4.69, 9.17) is 9.47 Å². The fraction of sp³-hybridized carbons (Fsp3) is 0.538. The molecule has 1 heterocycles. The number of hydrogen-bond acceptors (Lipinski definition) is 3. The Balaban J connectivity index is 1.98. The molecule has 0 aliphatic carbocycles. The molecule has 0 spiro atoms. The Morgan fingerprint density at radius 1 is 1.50 bits per heavy atom. The van der Waals surface area contributed by atoms with Crippen molar-refractivity contribution in [2.24, 2.45) is 0 Å². The van der Waals surface area contributed by atoms with Gasteiger partial charge in [-0.1, -0.05) is 17.7 Å². The topological polar surface area (TPSA) is 30.5 Å². The summed E-state index contributed by atoms with van der Waals surface area (Å²) in [5.74, 6) is 0.956. The van der Waals surface area contributed by atoms with Crippen molar-refractivity contribution in [3.63, 3.8) is 0 Å². The van der Waals surface area contributed by atoms with E-state index < -0.39 is 0 Å².